The first-order chi connectivity index (χ1) is 17.6. The summed E-state index contributed by atoms with van der Waals surface area (Å²) in [5.74, 6) is 1.71. The predicted octanol–water partition coefficient (Wildman–Crippen LogP) is 7.13. The van der Waals surface area contributed by atoms with E-state index in [1.54, 1.807) is 0 Å². The number of hydrogen-bond acceptors (Lipinski definition) is 5. The summed E-state index contributed by atoms with van der Waals surface area (Å²) >= 11 is 3.38. The minimum absolute atomic E-state index is 0.158. The molecule has 2 aromatic carbocycles. The van der Waals surface area contributed by atoms with Crippen molar-refractivity contribution in [1.29, 1.82) is 0 Å². The van der Waals surface area contributed by atoms with Crippen LogP contribution in [0.25, 0.3) is 23.0 Å². The summed E-state index contributed by atoms with van der Waals surface area (Å²) in [6.45, 7) is 6.44. The molecule has 3 aromatic rings. The Morgan fingerprint density at radius 3 is 2.56 bits per heavy atom. The van der Waals surface area contributed by atoms with Crippen LogP contribution in [0.5, 0.6) is 0 Å². The van der Waals surface area contributed by atoms with Gasteiger partial charge in [0, 0.05) is 35.3 Å². The lowest BCUT2D eigenvalue weighted by atomic mass is 10.00. The average molecular weight is 517 g/mol. The minimum Gasteiger partial charge on any atom is -0.351 e. The number of para-hydroxylation sites is 1. The van der Waals surface area contributed by atoms with Gasteiger partial charge in [-0.15, -0.1) is 11.8 Å². The number of thioether (sulfide) groups is 2. The van der Waals surface area contributed by atoms with Crippen molar-refractivity contribution in [2.75, 3.05) is 18.8 Å². The topological polar surface area (TPSA) is 50.5 Å². The van der Waals surface area contributed by atoms with Crippen LogP contribution in [0.4, 0.5) is 0 Å². The quantitative estimate of drug-likeness (QED) is 0.190. The highest BCUT2D eigenvalue weighted by atomic mass is 32.2. The Kier molecular flexibility index (Phi) is 7.97. The number of carbonyl (C=O) groups is 1. The highest BCUT2D eigenvalue weighted by Gasteiger charge is 2.28. The van der Waals surface area contributed by atoms with E-state index in [4.69, 9.17) is 5.10 Å². The van der Waals surface area contributed by atoms with Crippen LogP contribution >= 0.6 is 23.5 Å². The number of benzene rings is 2. The summed E-state index contributed by atoms with van der Waals surface area (Å²) in [7, 11) is 0. The molecule has 1 amide bonds. The number of nitrogens with zero attached hydrogens (tertiary/aromatic N) is 4. The third kappa shape index (κ3) is 5.79. The van der Waals surface area contributed by atoms with Crippen molar-refractivity contribution in [2.24, 2.45) is 10.9 Å². The van der Waals surface area contributed by atoms with Crippen molar-refractivity contribution in [3.8, 4) is 16.9 Å². The molecule has 2 aliphatic heterocycles. The predicted molar refractivity (Wildman–Crippen MR) is 153 cm³/mol. The number of aromatic nitrogens is 2. The summed E-state index contributed by atoms with van der Waals surface area (Å²) in [5, 5.41) is 5.77. The zero-order valence-electron chi connectivity index (χ0n) is 20.9. The normalized spacial score (nSPS) is 17.7. The number of likely N-dealkylation sites (tertiary alicyclic amines) is 1. The van der Waals surface area contributed by atoms with Crippen LogP contribution in [-0.4, -0.2) is 44.6 Å². The molecule has 0 N–H and O–H groups in total. The molecule has 7 heteroatoms. The second-order valence-electron chi connectivity index (χ2n) is 9.42. The fourth-order valence-corrected chi connectivity index (χ4v) is 6.30. The van der Waals surface area contributed by atoms with Gasteiger partial charge in [-0.3, -0.25) is 4.79 Å². The Morgan fingerprint density at radius 2 is 1.83 bits per heavy atom. The van der Waals surface area contributed by atoms with E-state index < -0.39 is 0 Å². The minimum atomic E-state index is -0.158. The van der Waals surface area contributed by atoms with Gasteiger partial charge in [-0.05, 0) is 73.0 Å². The molecular weight excluding hydrogens is 484 g/mol. The first-order valence-electron chi connectivity index (χ1n) is 12.8. The van der Waals surface area contributed by atoms with Crippen molar-refractivity contribution in [3.63, 3.8) is 0 Å². The molecule has 36 heavy (non-hydrogen) atoms. The van der Waals surface area contributed by atoms with E-state index in [0.29, 0.717) is 4.91 Å². The Hall–Kier alpha value is -2.77. The van der Waals surface area contributed by atoms with E-state index in [0.717, 1.165) is 65.3 Å². The van der Waals surface area contributed by atoms with Crippen molar-refractivity contribution in [2.45, 2.75) is 44.4 Å². The second-order valence-corrected chi connectivity index (χ2v) is 11.6. The molecule has 1 saturated heterocycles. The number of piperidine rings is 1. The van der Waals surface area contributed by atoms with Gasteiger partial charge in [0.25, 0.3) is 5.91 Å². The average Bonchev–Trinajstić information content (AvgIpc) is 3.49. The fraction of sp³-hybridized carbons (Fsp3) is 0.345. The highest BCUT2D eigenvalue weighted by Crippen LogP contribution is 2.35. The monoisotopic (exact) mass is 516 g/mol. The van der Waals surface area contributed by atoms with Gasteiger partial charge in [-0.25, -0.2) is 4.68 Å². The number of unbranched alkanes of at least 4 members (excludes halogenated alkanes) is 1. The van der Waals surface area contributed by atoms with Gasteiger partial charge in [0.2, 0.25) is 0 Å². The summed E-state index contributed by atoms with van der Waals surface area (Å²) in [5.41, 5.74) is 3.81. The standard InChI is InChI=1S/C29H32N4OS2/c1-3-4-18-35-25-12-10-22(11-13-25)27-23(20-33(31-27)24-8-6-5-7-9-24)19-26-28(34)30-29(36-26)32-16-14-21(2)15-17-32/h5-13,19-21H,3-4,14-18H2,1-2H3/b26-19-. The summed E-state index contributed by atoms with van der Waals surface area (Å²) in [6.07, 6.45) is 8.69. The van der Waals surface area contributed by atoms with Gasteiger partial charge in [-0.2, -0.15) is 10.1 Å². The molecule has 0 unspecified atom stereocenters. The Balaban J connectivity index is 1.43. The molecule has 3 heterocycles. The lowest BCUT2D eigenvalue weighted by Gasteiger charge is -2.30. The molecular formula is C29H32N4OS2. The molecule has 5 rings (SSSR count). The maximum absolute atomic E-state index is 12.9. The van der Waals surface area contributed by atoms with Crippen LogP contribution in [0.15, 0.2) is 75.6 Å². The zero-order valence-corrected chi connectivity index (χ0v) is 22.5. The molecule has 0 radical (unpaired) electrons. The van der Waals surface area contributed by atoms with E-state index in [1.165, 1.54) is 29.5 Å². The molecule has 1 aromatic heterocycles. The third-order valence-corrected chi connectivity index (χ3v) is 8.75. The van der Waals surface area contributed by atoms with Gasteiger partial charge >= 0.3 is 0 Å². The maximum Gasteiger partial charge on any atom is 0.286 e. The van der Waals surface area contributed by atoms with Crippen molar-refractivity contribution in [1.82, 2.24) is 14.7 Å². The van der Waals surface area contributed by atoms with E-state index >= 15 is 0 Å². The van der Waals surface area contributed by atoms with Crippen LogP contribution in [0, 0.1) is 5.92 Å². The molecule has 0 saturated carbocycles. The number of aliphatic imine (C=N–C) groups is 1. The second kappa shape index (κ2) is 11.5. The Morgan fingerprint density at radius 1 is 1.08 bits per heavy atom. The fourth-order valence-electron chi connectivity index (χ4n) is 4.35. The van der Waals surface area contributed by atoms with Crippen LogP contribution in [0.3, 0.4) is 0 Å². The lowest BCUT2D eigenvalue weighted by molar-refractivity contribution is -0.113. The Labute approximate surface area is 222 Å². The van der Waals surface area contributed by atoms with E-state index in [-0.39, 0.29) is 5.91 Å². The van der Waals surface area contributed by atoms with Gasteiger partial charge in [-0.1, -0.05) is 50.6 Å². The number of hydrogen-bond donors (Lipinski definition) is 0. The summed E-state index contributed by atoms with van der Waals surface area (Å²) in [6, 6.07) is 18.7. The molecule has 5 nitrogen and oxygen atoms in total. The molecule has 0 atom stereocenters. The molecule has 2 aliphatic rings. The first-order valence-corrected chi connectivity index (χ1v) is 14.6. The van der Waals surface area contributed by atoms with E-state index in [9.17, 15) is 4.79 Å². The van der Waals surface area contributed by atoms with E-state index in [1.807, 2.05) is 59.0 Å². The van der Waals surface area contributed by atoms with Gasteiger partial charge in [0.15, 0.2) is 5.17 Å². The van der Waals surface area contributed by atoms with Gasteiger partial charge < -0.3 is 4.90 Å². The number of amidine groups is 1. The van der Waals surface area contributed by atoms with Crippen LogP contribution in [0.1, 0.15) is 45.1 Å². The summed E-state index contributed by atoms with van der Waals surface area (Å²) in [4.78, 5) is 21.4. The van der Waals surface area contributed by atoms with E-state index in [2.05, 4.69) is 48.0 Å². The SMILES string of the molecule is CCCCSc1ccc(-c2nn(-c3ccccc3)cc2/C=C2\SC(N3CCC(C)CC3)=NC2=O)cc1. The molecule has 0 aliphatic carbocycles. The molecule has 0 spiro atoms. The molecule has 1 fully saturated rings. The highest BCUT2D eigenvalue weighted by molar-refractivity contribution is 8.18. The van der Waals surface area contributed by atoms with Gasteiger partial charge in [0.05, 0.1) is 16.3 Å². The third-order valence-electron chi connectivity index (χ3n) is 6.61. The number of amides is 1. The zero-order chi connectivity index (χ0) is 24.9. The maximum atomic E-state index is 12.9. The largest absolute Gasteiger partial charge is 0.351 e. The number of rotatable bonds is 7. The van der Waals surface area contributed by atoms with Crippen molar-refractivity contribution in [3.05, 3.63) is 71.3 Å². The van der Waals surface area contributed by atoms with Crippen molar-refractivity contribution < 1.29 is 4.79 Å². The van der Waals surface area contributed by atoms with Gasteiger partial charge in [0.1, 0.15) is 0 Å². The first kappa shape index (κ1) is 24.9. The molecule has 0 bridgehead atoms. The smallest absolute Gasteiger partial charge is 0.286 e. The van der Waals surface area contributed by atoms with Crippen LogP contribution in [-0.2, 0) is 4.79 Å². The number of carbonyl (C=O) groups excluding carboxylic acids is 1. The molecule has 186 valence electrons. The van der Waals surface area contributed by atoms with Crippen LogP contribution in [0.2, 0.25) is 0 Å². The van der Waals surface area contributed by atoms with Crippen LogP contribution < -0.4 is 0 Å². The van der Waals surface area contributed by atoms with Crippen molar-refractivity contribution >= 4 is 40.7 Å². The Bertz CT molecular complexity index is 1260. The lowest BCUT2D eigenvalue weighted by Crippen LogP contribution is -2.35. The summed E-state index contributed by atoms with van der Waals surface area (Å²) < 4.78 is 1.89.